The zero-order chi connectivity index (χ0) is 15.2. The standard InChI is InChI=1S/C14H20N4O3/c15-11-8-10(14(20)21)9-17-13(11)16-5-4-12(19)18-6-2-1-3-7-18/h8-9H,1-7,15H2,(H,16,17)(H,20,21). The minimum Gasteiger partial charge on any atom is -0.478 e. The first-order valence-electron chi connectivity index (χ1n) is 7.08. The van der Waals surface area contributed by atoms with Gasteiger partial charge < -0.3 is 21.1 Å². The van der Waals surface area contributed by atoms with E-state index in [9.17, 15) is 9.59 Å². The van der Waals surface area contributed by atoms with E-state index in [-0.39, 0.29) is 17.2 Å². The van der Waals surface area contributed by atoms with Crippen LogP contribution in [0, 0.1) is 0 Å². The van der Waals surface area contributed by atoms with Crippen molar-refractivity contribution >= 4 is 23.4 Å². The largest absolute Gasteiger partial charge is 0.478 e. The van der Waals surface area contributed by atoms with Crippen molar-refractivity contribution in [2.24, 2.45) is 0 Å². The van der Waals surface area contributed by atoms with E-state index in [4.69, 9.17) is 10.8 Å². The molecule has 2 rings (SSSR count). The maximum atomic E-state index is 12.0. The monoisotopic (exact) mass is 292 g/mol. The molecule has 0 aliphatic carbocycles. The summed E-state index contributed by atoms with van der Waals surface area (Å²) in [7, 11) is 0. The van der Waals surface area contributed by atoms with Crippen LogP contribution >= 0.6 is 0 Å². The fourth-order valence-corrected chi connectivity index (χ4v) is 2.34. The molecule has 0 bridgehead atoms. The lowest BCUT2D eigenvalue weighted by atomic mass is 10.1. The van der Waals surface area contributed by atoms with E-state index in [0.717, 1.165) is 25.9 Å². The first-order chi connectivity index (χ1) is 10.1. The fraction of sp³-hybridized carbons (Fsp3) is 0.500. The second-order valence-electron chi connectivity index (χ2n) is 5.09. The quantitative estimate of drug-likeness (QED) is 0.752. The van der Waals surface area contributed by atoms with E-state index in [1.54, 1.807) is 0 Å². The lowest BCUT2D eigenvalue weighted by Gasteiger charge is -2.26. The third-order valence-electron chi connectivity index (χ3n) is 3.50. The van der Waals surface area contributed by atoms with Crippen LogP contribution in [0.3, 0.4) is 0 Å². The van der Waals surface area contributed by atoms with Gasteiger partial charge in [-0.25, -0.2) is 9.78 Å². The third-order valence-corrected chi connectivity index (χ3v) is 3.50. The molecular formula is C14H20N4O3. The summed E-state index contributed by atoms with van der Waals surface area (Å²) in [6, 6.07) is 1.35. The Morgan fingerprint density at radius 3 is 2.67 bits per heavy atom. The van der Waals surface area contributed by atoms with E-state index in [0.29, 0.717) is 18.8 Å². The first kappa shape index (κ1) is 15.1. The minimum absolute atomic E-state index is 0.0439. The number of likely N-dealkylation sites (tertiary alicyclic amines) is 1. The van der Waals surface area contributed by atoms with Crippen LogP contribution in [0.1, 0.15) is 36.0 Å². The number of rotatable bonds is 5. The molecule has 7 heteroatoms. The van der Waals surface area contributed by atoms with E-state index >= 15 is 0 Å². The molecule has 21 heavy (non-hydrogen) atoms. The molecule has 114 valence electrons. The molecule has 1 saturated heterocycles. The Morgan fingerprint density at radius 2 is 2.05 bits per heavy atom. The number of aromatic carboxylic acids is 1. The van der Waals surface area contributed by atoms with Gasteiger partial charge in [-0.2, -0.15) is 0 Å². The van der Waals surface area contributed by atoms with Crippen molar-refractivity contribution in [1.29, 1.82) is 0 Å². The van der Waals surface area contributed by atoms with E-state index in [1.807, 2.05) is 4.90 Å². The highest BCUT2D eigenvalue weighted by atomic mass is 16.4. The molecule has 0 atom stereocenters. The van der Waals surface area contributed by atoms with Crippen LogP contribution in [0.25, 0.3) is 0 Å². The van der Waals surface area contributed by atoms with E-state index in [2.05, 4.69) is 10.3 Å². The number of pyridine rings is 1. The highest BCUT2D eigenvalue weighted by Crippen LogP contribution is 2.16. The number of nitrogens with zero attached hydrogens (tertiary/aromatic N) is 2. The molecule has 1 aliphatic heterocycles. The average Bonchev–Trinajstić information content (AvgIpc) is 2.49. The van der Waals surface area contributed by atoms with Crippen molar-refractivity contribution in [1.82, 2.24) is 9.88 Å². The number of piperidine rings is 1. The number of hydrogen-bond acceptors (Lipinski definition) is 5. The normalized spacial score (nSPS) is 14.8. The summed E-state index contributed by atoms with van der Waals surface area (Å²) in [6.45, 7) is 2.11. The van der Waals surface area contributed by atoms with Crippen LogP contribution in [0.15, 0.2) is 12.3 Å². The SMILES string of the molecule is Nc1cc(C(=O)O)cnc1NCCC(=O)N1CCCCC1. The van der Waals surface area contributed by atoms with Crippen molar-refractivity contribution in [3.05, 3.63) is 17.8 Å². The van der Waals surface area contributed by atoms with Gasteiger partial charge in [0.25, 0.3) is 0 Å². The van der Waals surface area contributed by atoms with E-state index < -0.39 is 5.97 Å². The molecule has 0 spiro atoms. The molecular weight excluding hydrogens is 272 g/mol. The number of aromatic nitrogens is 1. The maximum absolute atomic E-state index is 12.0. The number of nitrogens with one attached hydrogen (secondary N) is 1. The van der Waals surface area contributed by atoms with Gasteiger partial charge in [0.15, 0.2) is 0 Å². The van der Waals surface area contributed by atoms with Gasteiger partial charge in [0.1, 0.15) is 5.82 Å². The van der Waals surface area contributed by atoms with Crippen LogP contribution < -0.4 is 11.1 Å². The molecule has 1 amide bonds. The Labute approximate surface area is 123 Å². The van der Waals surface area contributed by atoms with Crippen LogP contribution in [0.2, 0.25) is 0 Å². The van der Waals surface area contributed by atoms with Crippen molar-refractivity contribution in [2.45, 2.75) is 25.7 Å². The zero-order valence-electron chi connectivity index (χ0n) is 11.8. The van der Waals surface area contributed by atoms with Gasteiger partial charge >= 0.3 is 5.97 Å². The first-order valence-corrected chi connectivity index (χ1v) is 7.08. The minimum atomic E-state index is -1.07. The fourth-order valence-electron chi connectivity index (χ4n) is 2.34. The summed E-state index contributed by atoms with van der Waals surface area (Å²) in [5, 5.41) is 11.8. The average molecular weight is 292 g/mol. The molecule has 1 aromatic rings. The predicted molar refractivity (Wildman–Crippen MR) is 79.1 cm³/mol. The number of carboxylic acid groups (broad SMARTS) is 1. The maximum Gasteiger partial charge on any atom is 0.337 e. The summed E-state index contributed by atoms with van der Waals surface area (Å²) in [4.78, 5) is 28.6. The van der Waals surface area contributed by atoms with Crippen molar-refractivity contribution < 1.29 is 14.7 Å². The van der Waals surface area contributed by atoms with Crippen molar-refractivity contribution in [3.8, 4) is 0 Å². The molecule has 4 N–H and O–H groups in total. The van der Waals surface area contributed by atoms with Crippen molar-refractivity contribution in [2.75, 3.05) is 30.7 Å². The lowest BCUT2D eigenvalue weighted by molar-refractivity contribution is -0.131. The van der Waals surface area contributed by atoms with Gasteiger partial charge in [-0.15, -0.1) is 0 Å². The van der Waals surface area contributed by atoms with Crippen LogP contribution in [0.5, 0.6) is 0 Å². The van der Waals surface area contributed by atoms with Gasteiger partial charge in [0.05, 0.1) is 11.3 Å². The molecule has 0 aromatic carbocycles. The highest BCUT2D eigenvalue weighted by Gasteiger charge is 2.16. The highest BCUT2D eigenvalue weighted by molar-refractivity contribution is 5.89. The number of amides is 1. The Hall–Kier alpha value is -2.31. The number of carboxylic acids is 1. The molecule has 2 heterocycles. The number of nitrogens with two attached hydrogens (primary N) is 1. The molecule has 7 nitrogen and oxygen atoms in total. The summed E-state index contributed by atoms with van der Waals surface area (Å²) >= 11 is 0. The Morgan fingerprint density at radius 1 is 1.33 bits per heavy atom. The third kappa shape index (κ3) is 4.08. The molecule has 0 radical (unpaired) electrons. The number of nitrogen functional groups attached to an aromatic ring is 1. The van der Waals surface area contributed by atoms with Gasteiger partial charge in [-0.05, 0) is 25.3 Å². The van der Waals surface area contributed by atoms with Crippen LogP contribution in [0.4, 0.5) is 11.5 Å². The summed E-state index contributed by atoms with van der Waals surface area (Å²) in [5.41, 5.74) is 6.04. The summed E-state index contributed by atoms with van der Waals surface area (Å²) < 4.78 is 0. The molecule has 0 unspecified atom stereocenters. The Bertz CT molecular complexity index is 527. The summed E-state index contributed by atoms with van der Waals surface area (Å²) in [6.07, 6.45) is 4.96. The number of hydrogen-bond donors (Lipinski definition) is 3. The molecule has 1 aliphatic rings. The second kappa shape index (κ2) is 6.92. The second-order valence-corrected chi connectivity index (χ2v) is 5.09. The zero-order valence-corrected chi connectivity index (χ0v) is 11.8. The van der Waals surface area contributed by atoms with Gasteiger partial charge in [-0.1, -0.05) is 0 Å². The topological polar surface area (TPSA) is 109 Å². The number of anilines is 2. The lowest BCUT2D eigenvalue weighted by Crippen LogP contribution is -2.36. The molecule has 0 saturated carbocycles. The van der Waals surface area contributed by atoms with Gasteiger partial charge in [0, 0.05) is 32.3 Å². The van der Waals surface area contributed by atoms with E-state index in [1.165, 1.54) is 18.7 Å². The number of carbonyl (C=O) groups is 2. The smallest absolute Gasteiger partial charge is 0.337 e. The molecule has 1 fully saturated rings. The number of carbonyl (C=O) groups excluding carboxylic acids is 1. The van der Waals surface area contributed by atoms with Crippen LogP contribution in [-0.2, 0) is 4.79 Å². The Kier molecular flexibility index (Phi) is 4.97. The summed E-state index contributed by atoms with van der Waals surface area (Å²) in [5.74, 6) is -0.532. The van der Waals surface area contributed by atoms with Crippen LogP contribution in [-0.4, -0.2) is 46.5 Å². The van der Waals surface area contributed by atoms with Gasteiger partial charge in [0.2, 0.25) is 5.91 Å². The van der Waals surface area contributed by atoms with Gasteiger partial charge in [-0.3, -0.25) is 4.79 Å². The molecule has 1 aromatic heterocycles. The Balaban J connectivity index is 1.83. The van der Waals surface area contributed by atoms with Crippen molar-refractivity contribution in [3.63, 3.8) is 0 Å². The predicted octanol–water partition coefficient (Wildman–Crippen LogP) is 1.18.